The minimum Gasteiger partial charge on any atom is -0.469 e. The fourth-order valence-electron chi connectivity index (χ4n) is 1.24. The first-order chi connectivity index (χ1) is 7.86. The van der Waals surface area contributed by atoms with E-state index in [1.807, 2.05) is 0 Å². The van der Waals surface area contributed by atoms with Crippen LogP contribution in [0.25, 0.3) is 0 Å². The van der Waals surface area contributed by atoms with Crippen LogP contribution in [0, 0.1) is 11.2 Å². The lowest BCUT2D eigenvalue weighted by Crippen LogP contribution is -2.28. The summed E-state index contributed by atoms with van der Waals surface area (Å²) in [5.41, 5.74) is 5.47. The lowest BCUT2D eigenvalue weighted by Gasteiger charge is -2.21. The SMILES string of the molecule is COC(=O)C(C)(C)CSc1ccc(F)cc1N. The van der Waals surface area contributed by atoms with E-state index in [-0.39, 0.29) is 11.8 Å². The summed E-state index contributed by atoms with van der Waals surface area (Å²) in [5.74, 6) is -0.111. The topological polar surface area (TPSA) is 52.3 Å². The molecule has 0 unspecified atom stereocenters. The zero-order chi connectivity index (χ0) is 13.1. The molecule has 3 nitrogen and oxygen atoms in total. The van der Waals surface area contributed by atoms with E-state index in [4.69, 9.17) is 10.5 Å². The Morgan fingerprint density at radius 2 is 2.18 bits per heavy atom. The number of nitrogen functional groups attached to an aromatic ring is 1. The maximum atomic E-state index is 12.8. The van der Waals surface area contributed by atoms with Crippen molar-refractivity contribution in [3.63, 3.8) is 0 Å². The van der Waals surface area contributed by atoms with Crippen molar-refractivity contribution in [2.24, 2.45) is 5.41 Å². The van der Waals surface area contributed by atoms with Crippen molar-refractivity contribution in [1.29, 1.82) is 0 Å². The van der Waals surface area contributed by atoms with Crippen LogP contribution >= 0.6 is 11.8 Å². The molecule has 0 aliphatic heterocycles. The van der Waals surface area contributed by atoms with E-state index >= 15 is 0 Å². The fourth-order valence-corrected chi connectivity index (χ4v) is 2.27. The van der Waals surface area contributed by atoms with Crippen molar-refractivity contribution in [2.45, 2.75) is 18.7 Å². The summed E-state index contributed by atoms with van der Waals surface area (Å²) in [6, 6.07) is 4.24. The number of carbonyl (C=O) groups is 1. The minimum atomic E-state index is -0.597. The van der Waals surface area contributed by atoms with E-state index in [0.29, 0.717) is 11.4 Å². The number of rotatable bonds is 4. The van der Waals surface area contributed by atoms with Crippen LogP contribution in [0.3, 0.4) is 0 Å². The molecule has 0 radical (unpaired) electrons. The van der Waals surface area contributed by atoms with Crippen LogP contribution in [0.1, 0.15) is 13.8 Å². The third kappa shape index (κ3) is 3.63. The number of ether oxygens (including phenoxy) is 1. The van der Waals surface area contributed by atoms with Gasteiger partial charge in [0.15, 0.2) is 0 Å². The number of carbonyl (C=O) groups excluding carboxylic acids is 1. The maximum Gasteiger partial charge on any atom is 0.312 e. The fraction of sp³-hybridized carbons (Fsp3) is 0.417. The van der Waals surface area contributed by atoms with Gasteiger partial charge in [-0.25, -0.2) is 4.39 Å². The normalized spacial score (nSPS) is 11.3. The van der Waals surface area contributed by atoms with Gasteiger partial charge in [0, 0.05) is 16.3 Å². The average molecular weight is 257 g/mol. The third-order valence-corrected chi connectivity index (χ3v) is 3.85. The first kappa shape index (κ1) is 13.8. The Bertz CT molecular complexity index is 421. The molecule has 0 amide bonds. The van der Waals surface area contributed by atoms with Crippen LogP contribution in [-0.4, -0.2) is 18.8 Å². The lowest BCUT2D eigenvalue weighted by atomic mass is 9.97. The van der Waals surface area contributed by atoms with Crippen LogP contribution < -0.4 is 5.73 Å². The number of hydrogen-bond acceptors (Lipinski definition) is 4. The van der Waals surface area contributed by atoms with Crippen molar-refractivity contribution in [3.8, 4) is 0 Å². The molecule has 5 heteroatoms. The zero-order valence-corrected chi connectivity index (χ0v) is 10.9. The summed E-state index contributed by atoms with van der Waals surface area (Å²) in [6.45, 7) is 3.59. The van der Waals surface area contributed by atoms with Gasteiger partial charge < -0.3 is 10.5 Å². The number of thioether (sulfide) groups is 1. The van der Waals surface area contributed by atoms with Gasteiger partial charge in [-0.05, 0) is 32.0 Å². The second kappa shape index (κ2) is 5.40. The van der Waals surface area contributed by atoms with Crippen molar-refractivity contribution in [3.05, 3.63) is 24.0 Å². The average Bonchev–Trinajstić information content (AvgIpc) is 2.26. The Kier molecular flexibility index (Phi) is 4.40. The number of halogens is 1. The van der Waals surface area contributed by atoms with Gasteiger partial charge in [-0.15, -0.1) is 11.8 Å². The Morgan fingerprint density at radius 1 is 1.53 bits per heavy atom. The molecule has 94 valence electrons. The minimum absolute atomic E-state index is 0.273. The number of hydrogen-bond donors (Lipinski definition) is 1. The largest absolute Gasteiger partial charge is 0.469 e. The van der Waals surface area contributed by atoms with Gasteiger partial charge >= 0.3 is 5.97 Å². The summed E-state index contributed by atoms with van der Waals surface area (Å²) in [7, 11) is 1.36. The Labute approximate surface area is 105 Å². The van der Waals surface area contributed by atoms with Gasteiger partial charge in [-0.1, -0.05) is 0 Å². The summed E-state index contributed by atoms with van der Waals surface area (Å²) < 4.78 is 17.6. The van der Waals surface area contributed by atoms with Crippen LogP contribution in [0.2, 0.25) is 0 Å². The molecule has 0 aliphatic carbocycles. The quantitative estimate of drug-likeness (QED) is 0.512. The Morgan fingerprint density at radius 3 is 2.71 bits per heavy atom. The van der Waals surface area contributed by atoms with Crippen LogP contribution in [0.15, 0.2) is 23.1 Å². The van der Waals surface area contributed by atoms with Crippen molar-refractivity contribution < 1.29 is 13.9 Å². The third-order valence-electron chi connectivity index (χ3n) is 2.30. The Balaban J connectivity index is 2.70. The number of nitrogens with two attached hydrogens (primary N) is 1. The lowest BCUT2D eigenvalue weighted by molar-refractivity contribution is -0.149. The molecule has 1 aromatic rings. The molecule has 0 aliphatic rings. The highest BCUT2D eigenvalue weighted by Crippen LogP contribution is 2.32. The monoisotopic (exact) mass is 257 g/mol. The summed E-state index contributed by atoms with van der Waals surface area (Å²) in [4.78, 5) is 12.2. The van der Waals surface area contributed by atoms with E-state index in [1.165, 1.54) is 31.0 Å². The molecular formula is C12H16FNO2S. The van der Waals surface area contributed by atoms with Crippen molar-refractivity contribution in [1.82, 2.24) is 0 Å². The van der Waals surface area contributed by atoms with Crippen molar-refractivity contribution in [2.75, 3.05) is 18.6 Å². The highest BCUT2D eigenvalue weighted by molar-refractivity contribution is 7.99. The van der Waals surface area contributed by atoms with E-state index in [1.54, 1.807) is 19.9 Å². The zero-order valence-electron chi connectivity index (χ0n) is 10.1. The maximum absolute atomic E-state index is 12.8. The molecular weight excluding hydrogens is 241 g/mol. The predicted octanol–water partition coefficient (Wildman–Crippen LogP) is 2.70. The van der Waals surface area contributed by atoms with Crippen LogP contribution in [0.5, 0.6) is 0 Å². The molecule has 2 N–H and O–H groups in total. The van der Waals surface area contributed by atoms with Crippen LogP contribution in [0.4, 0.5) is 10.1 Å². The van der Waals surface area contributed by atoms with E-state index in [0.717, 1.165) is 4.90 Å². The highest BCUT2D eigenvalue weighted by Gasteiger charge is 2.28. The Hall–Kier alpha value is -1.23. The van der Waals surface area contributed by atoms with Crippen molar-refractivity contribution >= 4 is 23.4 Å². The molecule has 0 saturated carbocycles. The van der Waals surface area contributed by atoms with Gasteiger partial charge in [0.1, 0.15) is 5.82 Å². The number of esters is 1. The molecule has 1 rings (SSSR count). The van der Waals surface area contributed by atoms with Gasteiger partial charge in [0.2, 0.25) is 0 Å². The molecule has 0 saturated heterocycles. The smallest absolute Gasteiger partial charge is 0.312 e. The molecule has 0 heterocycles. The molecule has 0 spiro atoms. The number of methoxy groups -OCH3 is 1. The second-order valence-corrected chi connectivity index (χ2v) is 5.36. The van der Waals surface area contributed by atoms with E-state index in [9.17, 15) is 9.18 Å². The summed E-state index contributed by atoms with van der Waals surface area (Å²) in [6.07, 6.45) is 0. The molecule has 17 heavy (non-hydrogen) atoms. The molecule has 0 aromatic heterocycles. The summed E-state index contributed by atoms with van der Waals surface area (Å²) in [5, 5.41) is 0. The molecule has 1 aromatic carbocycles. The first-order valence-corrected chi connectivity index (χ1v) is 6.11. The first-order valence-electron chi connectivity index (χ1n) is 5.13. The van der Waals surface area contributed by atoms with E-state index < -0.39 is 5.41 Å². The predicted molar refractivity (Wildman–Crippen MR) is 67.3 cm³/mol. The van der Waals surface area contributed by atoms with Gasteiger partial charge in [-0.2, -0.15) is 0 Å². The van der Waals surface area contributed by atoms with Crippen LogP contribution in [-0.2, 0) is 9.53 Å². The molecule has 0 atom stereocenters. The highest BCUT2D eigenvalue weighted by atomic mass is 32.2. The van der Waals surface area contributed by atoms with Gasteiger partial charge in [-0.3, -0.25) is 4.79 Å². The standard InChI is InChI=1S/C12H16FNO2S/c1-12(2,11(15)16-3)7-17-10-5-4-8(13)6-9(10)14/h4-6H,7,14H2,1-3H3. The van der Waals surface area contributed by atoms with Gasteiger partial charge in [0.25, 0.3) is 0 Å². The molecule has 0 bridgehead atoms. The summed E-state index contributed by atoms with van der Waals surface area (Å²) >= 11 is 1.41. The molecule has 0 fully saturated rings. The van der Waals surface area contributed by atoms with E-state index in [2.05, 4.69) is 0 Å². The second-order valence-electron chi connectivity index (χ2n) is 4.35. The number of anilines is 1. The number of benzene rings is 1. The van der Waals surface area contributed by atoms with Gasteiger partial charge in [0.05, 0.1) is 12.5 Å².